The number of carbonyl (C=O) groups excluding carboxylic acids is 3. The molecule has 0 saturated heterocycles. The molecule has 0 radical (unpaired) electrons. The van der Waals surface area contributed by atoms with Gasteiger partial charge < -0.3 is 9.47 Å². The van der Waals surface area contributed by atoms with Crippen molar-refractivity contribution in [2.24, 2.45) is 0 Å². The second-order valence-corrected chi connectivity index (χ2v) is 5.34. The first-order valence-corrected chi connectivity index (χ1v) is 6.82. The van der Waals surface area contributed by atoms with E-state index in [-0.39, 0.29) is 11.6 Å². The van der Waals surface area contributed by atoms with Crippen LogP contribution in [0.3, 0.4) is 0 Å². The van der Waals surface area contributed by atoms with Crippen LogP contribution in [0.2, 0.25) is 5.02 Å². The van der Waals surface area contributed by atoms with Crippen LogP contribution >= 0.6 is 11.6 Å². The number of benzene rings is 1. The van der Waals surface area contributed by atoms with Gasteiger partial charge in [-0.2, -0.15) is 0 Å². The molecule has 1 unspecified atom stereocenters. The lowest BCUT2D eigenvalue weighted by molar-refractivity contribution is -0.142. The lowest BCUT2D eigenvalue weighted by atomic mass is 9.92. The molecule has 0 bridgehead atoms. The fourth-order valence-corrected chi connectivity index (χ4v) is 2.26. The van der Waals surface area contributed by atoms with Crippen LogP contribution < -0.4 is 5.32 Å². The monoisotopic (exact) mass is 323 g/mol. The van der Waals surface area contributed by atoms with E-state index < -0.39 is 23.3 Å². The second kappa shape index (κ2) is 5.81. The number of carbonyl (C=O) groups is 3. The van der Waals surface area contributed by atoms with Gasteiger partial charge in [-0.25, -0.2) is 0 Å². The maximum Gasteiger partial charge on any atom is 0.308 e. The van der Waals surface area contributed by atoms with E-state index in [1.54, 1.807) is 24.3 Å². The van der Waals surface area contributed by atoms with Gasteiger partial charge in [0.25, 0.3) is 5.78 Å². The predicted molar refractivity (Wildman–Crippen MR) is 77.5 cm³/mol. The van der Waals surface area contributed by atoms with Crippen molar-refractivity contribution in [3.05, 3.63) is 46.5 Å². The molecule has 22 heavy (non-hydrogen) atoms. The number of halogens is 1. The molecule has 2 rings (SSSR count). The quantitative estimate of drug-likeness (QED) is 0.861. The smallest absolute Gasteiger partial charge is 0.308 e. The Morgan fingerprint density at radius 3 is 2.55 bits per heavy atom. The molecular formula is C15H14ClNO5. The van der Waals surface area contributed by atoms with Crippen molar-refractivity contribution in [3.8, 4) is 0 Å². The van der Waals surface area contributed by atoms with Crippen molar-refractivity contribution in [1.82, 2.24) is 5.32 Å². The Bertz CT molecular complexity index is 697. The molecule has 1 aliphatic heterocycles. The lowest BCUT2D eigenvalue weighted by Gasteiger charge is -2.23. The van der Waals surface area contributed by atoms with Crippen LogP contribution in [0.1, 0.15) is 26.3 Å². The fourth-order valence-electron chi connectivity index (χ4n) is 2.07. The maximum atomic E-state index is 12.6. The molecule has 1 heterocycles. The van der Waals surface area contributed by atoms with Gasteiger partial charge in [0.15, 0.2) is 5.60 Å². The number of amides is 1. The number of ketones is 1. The predicted octanol–water partition coefficient (Wildman–Crippen LogP) is 2.02. The Labute approximate surface area is 132 Å². The molecular weight excluding hydrogens is 310 g/mol. The third-order valence-corrected chi connectivity index (χ3v) is 3.30. The summed E-state index contributed by atoms with van der Waals surface area (Å²) in [5, 5.41) is 2.78. The van der Waals surface area contributed by atoms with Crippen molar-refractivity contribution in [1.29, 1.82) is 0 Å². The van der Waals surface area contributed by atoms with Crippen molar-refractivity contribution in [2.75, 3.05) is 0 Å². The number of hydrogen-bond donors (Lipinski definition) is 1. The van der Waals surface area contributed by atoms with Gasteiger partial charge in [0.2, 0.25) is 17.5 Å². The van der Waals surface area contributed by atoms with Crippen molar-refractivity contribution >= 4 is 29.3 Å². The van der Waals surface area contributed by atoms with Crippen LogP contribution in [-0.2, 0) is 29.5 Å². The normalized spacial score (nSPS) is 20.6. The third kappa shape index (κ3) is 2.96. The van der Waals surface area contributed by atoms with Crippen molar-refractivity contribution in [3.63, 3.8) is 0 Å². The summed E-state index contributed by atoms with van der Waals surface area (Å²) in [6.07, 6.45) is 0. The Morgan fingerprint density at radius 1 is 1.32 bits per heavy atom. The van der Waals surface area contributed by atoms with Crippen LogP contribution in [0, 0.1) is 0 Å². The number of hydrogen-bond acceptors (Lipinski definition) is 5. The molecule has 1 atom stereocenters. The molecule has 1 aliphatic rings. The molecule has 1 aromatic rings. The zero-order valence-corrected chi connectivity index (χ0v) is 13.0. The van der Waals surface area contributed by atoms with Gasteiger partial charge in [0.05, 0.1) is 0 Å². The summed E-state index contributed by atoms with van der Waals surface area (Å²) >= 11 is 5.94. The number of Topliss-reactive ketones (excluding diaryl/α,β-unsaturated/α-hetero) is 1. The summed E-state index contributed by atoms with van der Waals surface area (Å²) in [7, 11) is 0. The van der Waals surface area contributed by atoms with E-state index >= 15 is 0 Å². The van der Waals surface area contributed by atoms with Crippen molar-refractivity contribution in [2.45, 2.75) is 26.4 Å². The summed E-state index contributed by atoms with van der Waals surface area (Å²) in [5.41, 5.74) is -0.956. The highest BCUT2D eigenvalue weighted by molar-refractivity contribution is 6.30. The number of rotatable bonds is 3. The molecule has 6 nitrogen and oxygen atoms in total. The molecule has 1 N–H and O–H groups in total. The van der Waals surface area contributed by atoms with E-state index in [0.29, 0.717) is 10.6 Å². The summed E-state index contributed by atoms with van der Waals surface area (Å²) < 4.78 is 10.5. The minimum absolute atomic E-state index is 0.185. The molecule has 0 fully saturated rings. The molecule has 7 heteroatoms. The van der Waals surface area contributed by atoms with Gasteiger partial charge in [0, 0.05) is 24.4 Å². The zero-order valence-electron chi connectivity index (χ0n) is 12.2. The number of ether oxygens (including phenoxy) is 2. The number of esters is 1. The van der Waals surface area contributed by atoms with Gasteiger partial charge >= 0.3 is 5.97 Å². The maximum absolute atomic E-state index is 12.6. The minimum atomic E-state index is -1.44. The van der Waals surface area contributed by atoms with Crippen LogP contribution in [-0.4, -0.2) is 17.7 Å². The van der Waals surface area contributed by atoms with Crippen LogP contribution in [0.25, 0.3) is 0 Å². The highest BCUT2D eigenvalue weighted by Gasteiger charge is 2.49. The Morgan fingerprint density at radius 2 is 2.00 bits per heavy atom. The Kier molecular flexibility index (Phi) is 4.23. The Hall–Kier alpha value is -2.34. The highest BCUT2D eigenvalue weighted by Crippen LogP contribution is 2.39. The molecule has 0 aliphatic carbocycles. The van der Waals surface area contributed by atoms with Crippen LogP contribution in [0.5, 0.6) is 0 Å². The summed E-state index contributed by atoms with van der Waals surface area (Å²) in [6, 6.07) is 6.55. The van der Waals surface area contributed by atoms with E-state index in [9.17, 15) is 14.4 Å². The van der Waals surface area contributed by atoms with E-state index in [4.69, 9.17) is 21.1 Å². The topological polar surface area (TPSA) is 81.7 Å². The minimum Gasteiger partial charge on any atom is -0.456 e. The average Bonchev–Trinajstić information content (AvgIpc) is 2.63. The molecule has 1 aromatic carbocycles. The van der Waals surface area contributed by atoms with Gasteiger partial charge in [-0.15, -0.1) is 0 Å². The van der Waals surface area contributed by atoms with E-state index in [1.165, 1.54) is 13.8 Å². The molecule has 116 valence electrons. The number of nitrogens with one attached hydrogen (secondary N) is 1. The Balaban J connectivity index is 2.45. The SMILES string of the molecule is CC(=O)NC1=C(OC(C)=O)C(=O)C(C)(c2cccc(Cl)c2)O1. The second-order valence-electron chi connectivity index (χ2n) is 4.91. The molecule has 0 spiro atoms. The molecule has 0 saturated carbocycles. The van der Waals surface area contributed by atoms with Gasteiger partial charge in [-0.1, -0.05) is 23.7 Å². The van der Waals surface area contributed by atoms with E-state index in [1.807, 2.05) is 0 Å². The molecule has 1 amide bonds. The zero-order chi connectivity index (χ0) is 16.5. The van der Waals surface area contributed by atoms with Crippen molar-refractivity contribution < 1.29 is 23.9 Å². The largest absolute Gasteiger partial charge is 0.456 e. The van der Waals surface area contributed by atoms with Crippen LogP contribution in [0.15, 0.2) is 35.9 Å². The van der Waals surface area contributed by atoms with E-state index in [0.717, 1.165) is 6.92 Å². The van der Waals surface area contributed by atoms with Gasteiger partial charge in [-0.3, -0.25) is 19.7 Å². The highest BCUT2D eigenvalue weighted by atomic mass is 35.5. The first-order valence-electron chi connectivity index (χ1n) is 6.44. The summed E-state index contributed by atoms with van der Waals surface area (Å²) in [5.74, 6) is -2.23. The van der Waals surface area contributed by atoms with Gasteiger partial charge in [0.1, 0.15) is 0 Å². The van der Waals surface area contributed by atoms with E-state index in [2.05, 4.69) is 5.32 Å². The third-order valence-electron chi connectivity index (χ3n) is 3.06. The summed E-state index contributed by atoms with van der Waals surface area (Å²) in [4.78, 5) is 35.0. The first kappa shape index (κ1) is 16.0. The fraction of sp³-hybridized carbons (Fsp3) is 0.267. The van der Waals surface area contributed by atoms with Gasteiger partial charge in [-0.05, 0) is 19.1 Å². The average molecular weight is 324 g/mol. The lowest BCUT2D eigenvalue weighted by Crippen LogP contribution is -2.32. The van der Waals surface area contributed by atoms with Crippen LogP contribution in [0.4, 0.5) is 0 Å². The first-order chi connectivity index (χ1) is 10.2. The molecule has 0 aromatic heterocycles. The standard InChI is InChI=1S/C15H14ClNO5/c1-8(18)17-14-12(21-9(2)19)13(20)15(3,22-14)10-5-4-6-11(16)7-10/h4-7H,1-3H3,(H,17,18). The summed E-state index contributed by atoms with van der Waals surface area (Å²) in [6.45, 7) is 3.92.